The van der Waals surface area contributed by atoms with Crippen LogP contribution in [0.15, 0.2) is 18.3 Å². The Morgan fingerprint density at radius 1 is 1.56 bits per heavy atom. The minimum Gasteiger partial charge on any atom is -0.335 e. The van der Waals surface area contributed by atoms with Gasteiger partial charge in [-0.3, -0.25) is 4.79 Å². The summed E-state index contributed by atoms with van der Waals surface area (Å²) in [6.45, 7) is 3.35. The van der Waals surface area contributed by atoms with Gasteiger partial charge in [0.15, 0.2) is 0 Å². The third-order valence-electron chi connectivity index (χ3n) is 2.90. The monoisotopic (exact) mass is 239 g/mol. The normalized spacial score (nSPS) is 24.8. The summed E-state index contributed by atoms with van der Waals surface area (Å²) in [6, 6.07) is 3.37. The van der Waals surface area contributed by atoms with Crippen molar-refractivity contribution in [1.82, 2.24) is 9.88 Å². The highest BCUT2D eigenvalue weighted by Crippen LogP contribution is 2.17. The summed E-state index contributed by atoms with van der Waals surface area (Å²) in [4.78, 5) is 17.8. The minimum absolute atomic E-state index is 0.0660. The first-order valence-electron chi connectivity index (χ1n) is 5.24. The van der Waals surface area contributed by atoms with Gasteiger partial charge in [-0.1, -0.05) is 18.5 Å². The van der Waals surface area contributed by atoms with Crippen molar-refractivity contribution in [3.05, 3.63) is 29.0 Å². The molecule has 1 fully saturated rings. The minimum atomic E-state index is -0.0727. The zero-order valence-electron chi connectivity index (χ0n) is 9.06. The van der Waals surface area contributed by atoms with E-state index in [1.807, 2.05) is 6.92 Å². The molecule has 2 unspecified atom stereocenters. The summed E-state index contributed by atoms with van der Waals surface area (Å²) in [6.07, 6.45) is 1.48. The Balaban J connectivity index is 2.11. The van der Waals surface area contributed by atoms with E-state index in [4.69, 9.17) is 17.3 Å². The van der Waals surface area contributed by atoms with Crippen LogP contribution >= 0.6 is 11.6 Å². The second kappa shape index (κ2) is 4.39. The average molecular weight is 240 g/mol. The van der Waals surface area contributed by atoms with Gasteiger partial charge in [0, 0.05) is 25.3 Å². The van der Waals surface area contributed by atoms with Crippen LogP contribution in [-0.2, 0) is 0 Å². The maximum Gasteiger partial charge on any atom is 0.272 e. The number of carbonyl (C=O) groups excluding carboxylic acids is 1. The molecule has 2 atom stereocenters. The Morgan fingerprint density at radius 3 is 2.81 bits per heavy atom. The van der Waals surface area contributed by atoms with E-state index in [0.29, 0.717) is 29.7 Å². The van der Waals surface area contributed by atoms with Crippen LogP contribution in [0.3, 0.4) is 0 Å². The van der Waals surface area contributed by atoms with Gasteiger partial charge in [-0.25, -0.2) is 4.98 Å². The molecule has 1 aliphatic rings. The first-order valence-corrected chi connectivity index (χ1v) is 5.62. The Kier molecular flexibility index (Phi) is 3.12. The van der Waals surface area contributed by atoms with E-state index in [-0.39, 0.29) is 11.9 Å². The Hall–Kier alpha value is -1.13. The largest absolute Gasteiger partial charge is 0.335 e. The van der Waals surface area contributed by atoms with E-state index in [0.717, 1.165) is 0 Å². The number of halogens is 1. The fourth-order valence-corrected chi connectivity index (χ4v) is 1.93. The molecule has 0 aromatic carbocycles. The molecule has 1 aromatic rings. The van der Waals surface area contributed by atoms with Gasteiger partial charge in [0.1, 0.15) is 5.69 Å². The molecule has 0 aliphatic carbocycles. The Bertz CT molecular complexity index is 383. The molecule has 2 heterocycles. The van der Waals surface area contributed by atoms with Gasteiger partial charge >= 0.3 is 0 Å². The van der Waals surface area contributed by atoms with Gasteiger partial charge < -0.3 is 10.6 Å². The van der Waals surface area contributed by atoms with Crippen molar-refractivity contribution in [3.63, 3.8) is 0 Å². The summed E-state index contributed by atoms with van der Waals surface area (Å²) in [7, 11) is 0. The second-order valence-corrected chi connectivity index (χ2v) is 4.65. The number of pyridine rings is 1. The predicted molar refractivity (Wildman–Crippen MR) is 62.3 cm³/mol. The molecule has 0 bridgehead atoms. The second-order valence-electron chi connectivity index (χ2n) is 4.21. The molecule has 1 aliphatic heterocycles. The molecule has 1 saturated heterocycles. The van der Waals surface area contributed by atoms with Crippen molar-refractivity contribution >= 4 is 17.5 Å². The molecule has 2 N–H and O–H groups in total. The van der Waals surface area contributed by atoms with Gasteiger partial charge in [0.2, 0.25) is 0 Å². The quantitative estimate of drug-likeness (QED) is 0.800. The number of hydrogen-bond donors (Lipinski definition) is 1. The third kappa shape index (κ3) is 2.18. The molecular weight excluding hydrogens is 226 g/mol. The van der Waals surface area contributed by atoms with Crippen LogP contribution < -0.4 is 5.73 Å². The summed E-state index contributed by atoms with van der Waals surface area (Å²) in [5.74, 6) is 0.271. The number of amides is 1. The molecule has 86 valence electrons. The first kappa shape index (κ1) is 11.4. The molecule has 4 nitrogen and oxygen atoms in total. The maximum absolute atomic E-state index is 12.0. The fourth-order valence-electron chi connectivity index (χ4n) is 1.82. The van der Waals surface area contributed by atoms with E-state index in [1.54, 1.807) is 17.0 Å². The van der Waals surface area contributed by atoms with Crippen molar-refractivity contribution in [3.8, 4) is 0 Å². The van der Waals surface area contributed by atoms with Crippen LogP contribution in [0.25, 0.3) is 0 Å². The van der Waals surface area contributed by atoms with Gasteiger partial charge in [-0.05, 0) is 18.1 Å². The third-order valence-corrected chi connectivity index (χ3v) is 3.13. The van der Waals surface area contributed by atoms with Gasteiger partial charge in [-0.2, -0.15) is 0 Å². The molecule has 1 amide bonds. The van der Waals surface area contributed by atoms with E-state index in [1.165, 1.54) is 6.20 Å². The summed E-state index contributed by atoms with van der Waals surface area (Å²) >= 11 is 5.71. The van der Waals surface area contributed by atoms with E-state index in [9.17, 15) is 4.79 Å². The SMILES string of the molecule is CC1CN(C(=O)c2ccc(Cl)cn2)CC1N. The number of aromatic nitrogens is 1. The van der Waals surface area contributed by atoms with E-state index in [2.05, 4.69) is 4.98 Å². The summed E-state index contributed by atoms with van der Waals surface area (Å²) < 4.78 is 0. The number of carbonyl (C=O) groups is 1. The number of nitrogens with zero attached hydrogens (tertiary/aromatic N) is 2. The first-order chi connectivity index (χ1) is 7.58. The topological polar surface area (TPSA) is 59.2 Å². The lowest BCUT2D eigenvalue weighted by Crippen LogP contribution is -2.32. The molecule has 1 aromatic heterocycles. The summed E-state index contributed by atoms with van der Waals surface area (Å²) in [5.41, 5.74) is 6.30. The number of hydrogen-bond acceptors (Lipinski definition) is 3. The van der Waals surface area contributed by atoms with Crippen molar-refractivity contribution in [1.29, 1.82) is 0 Å². The standard InChI is InChI=1S/C11H14ClN3O/c1-7-5-15(6-9(7)13)11(16)10-3-2-8(12)4-14-10/h2-4,7,9H,5-6,13H2,1H3. The van der Waals surface area contributed by atoms with Crippen LogP contribution in [0.2, 0.25) is 5.02 Å². The van der Waals surface area contributed by atoms with Crippen LogP contribution in [-0.4, -0.2) is 34.9 Å². The molecule has 2 rings (SSSR count). The van der Waals surface area contributed by atoms with Crippen molar-refractivity contribution in [2.45, 2.75) is 13.0 Å². The lowest BCUT2D eigenvalue weighted by atomic mass is 10.1. The number of likely N-dealkylation sites (tertiary alicyclic amines) is 1. The van der Waals surface area contributed by atoms with Gasteiger partial charge in [0.05, 0.1) is 5.02 Å². The predicted octanol–water partition coefficient (Wildman–Crippen LogP) is 1.15. The van der Waals surface area contributed by atoms with Crippen LogP contribution in [0.5, 0.6) is 0 Å². The Labute approximate surface area is 99.4 Å². The highest BCUT2D eigenvalue weighted by atomic mass is 35.5. The zero-order valence-corrected chi connectivity index (χ0v) is 9.81. The fraction of sp³-hybridized carbons (Fsp3) is 0.455. The highest BCUT2D eigenvalue weighted by Gasteiger charge is 2.30. The van der Waals surface area contributed by atoms with Crippen molar-refractivity contribution < 1.29 is 4.79 Å². The smallest absolute Gasteiger partial charge is 0.272 e. The van der Waals surface area contributed by atoms with E-state index >= 15 is 0 Å². The number of rotatable bonds is 1. The van der Waals surface area contributed by atoms with Crippen molar-refractivity contribution in [2.24, 2.45) is 11.7 Å². The molecule has 0 radical (unpaired) electrons. The molecule has 16 heavy (non-hydrogen) atoms. The van der Waals surface area contributed by atoms with E-state index < -0.39 is 0 Å². The molecule has 0 saturated carbocycles. The van der Waals surface area contributed by atoms with Crippen LogP contribution in [0.1, 0.15) is 17.4 Å². The summed E-state index contributed by atoms with van der Waals surface area (Å²) in [5, 5.41) is 0.531. The Morgan fingerprint density at radius 2 is 2.31 bits per heavy atom. The lowest BCUT2D eigenvalue weighted by molar-refractivity contribution is 0.0781. The molecule has 5 heteroatoms. The van der Waals surface area contributed by atoms with Gasteiger partial charge in [-0.15, -0.1) is 0 Å². The molecular formula is C11H14ClN3O. The maximum atomic E-state index is 12.0. The van der Waals surface area contributed by atoms with Crippen LogP contribution in [0, 0.1) is 5.92 Å². The zero-order chi connectivity index (χ0) is 11.7. The van der Waals surface area contributed by atoms with Crippen LogP contribution in [0.4, 0.5) is 0 Å². The lowest BCUT2D eigenvalue weighted by Gasteiger charge is -2.14. The van der Waals surface area contributed by atoms with Crippen molar-refractivity contribution in [2.75, 3.05) is 13.1 Å². The molecule has 0 spiro atoms. The van der Waals surface area contributed by atoms with Gasteiger partial charge in [0.25, 0.3) is 5.91 Å². The highest BCUT2D eigenvalue weighted by molar-refractivity contribution is 6.30. The average Bonchev–Trinajstić information content (AvgIpc) is 2.59. The number of nitrogens with two attached hydrogens (primary N) is 1.